The van der Waals surface area contributed by atoms with Crippen LogP contribution in [0.5, 0.6) is 0 Å². The van der Waals surface area contributed by atoms with Crippen LogP contribution in [0, 0.1) is 0 Å². The number of amides is 1. The van der Waals surface area contributed by atoms with Gasteiger partial charge in [0.2, 0.25) is 5.91 Å². The second kappa shape index (κ2) is 6.77. The van der Waals surface area contributed by atoms with Crippen LogP contribution >= 0.6 is 22.9 Å². The van der Waals surface area contributed by atoms with Gasteiger partial charge in [0.25, 0.3) is 0 Å². The van der Waals surface area contributed by atoms with Gasteiger partial charge in [0, 0.05) is 24.7 Å². The number of nitrogens with zero attached hydrogens (tertiary/aromatic N) is 2. The second-order valence-electron chi connectivity index (χ2n) is 4.65. The zero-order chi connectivity index (χ0) is 14.5. The highest BCUT2D eigenvalue weighted by atomic mass is 35.5. The Hall–Kier alpha value is -1.52. The molecule has 106 valence electrons. The highest BCUT2D eigenvalue weighted by Gasteiger charge is 2.13. The third-order valence-electron chi connectivity index (χ3n) is 3.02. The van der Waals surface area contributed by atoms with Crippen LogP contribution in [-0.2, 0) is 11.3 Å². The molecule has 0 fully saturated rings. The van der Waals surface area contributed by atoms with Gasteiger partial charge in [-0.25, -0.2) is 0 Å². The number of carbonyl (C=O) groups is 1. The minimum atomic E-state index is 0.0841. The Morgan fingerprint density at radius 3 is 2.45 bits per heavy atom. The number of anilines is 1. The number of benzene rings is 1. The van der Waals surface area contributed by atoms with E-state index in [1.54, 1.807) is 4.90 Å². The van der Waals surface area contributed by atoms with Crippen LogP contribution in [0.3, 0.4) is 0 Å². The molecule has 20 heavy (non-hydrogen) atoms. The van der Waals surface area contributed by atoms with E-state index in [4.69, 9.17) is 11.6 Å². The Bertz CT molecular complexity index is 570. The van der Waals surface area contributed by atoms with Gasteiger partial charge in [-0.2, -0.15) is 0 Å². The number of hydrogen-bond acceptors (Lipinski definition) is 3. The van der Waals surface area contributed by atoms with Crippen LogP contribution in [0.4, 0.5) is 5.69 Å². The summed E-state index contributed by atoms with van der Waals surface area (Å²) >= 11 is 7.40. The molecular formula is C15H17ClN2OS. The molecule has 0 aliphatic rings. The van der Waals surface area contributed by atoms with Crippen molar-refractivity contribution < 1.29 is 4.79 Å². The Balaban J connectivity index is 1.91. The second-order valence-corrected chi connectivity index (χ2v) is 6.45. The first-order valence-electron chi connectivity index (χ1n) is 6.30. The third-order valence-corrected chi connectivity index (χ3v) is 4.23. The van der Waals surface area contributed by atoms with E-state index in [1.807, 2.05) is 61.5 Å². The maximum Gasteiger partial charge on any atom is 0.242 e. The fraction of sp³-hybridized carbons (Fsp3) is 0.267. The fourth-order valence-electron chi connectivity index (χ4n) is 1.86. The molecule has 0 aliphatic carbocycles. The molecule has 0 spiro atoms. The SMILES string of the molecule is CN(Cc1ccc(Cl)s1)C(=O)CN(C)c1ccccc1. The molecule has 0 atom stereocenters. The molecule has 1 amide bonds. The van der Waals surface area contributed by atoms with Gasteiger partial charge >= 0.3 is 0 Å². The van der Waals surface area contributed by atoms with Gasteiger partial charge in [-0.3, -0.25) is 4.79 Å². The highest BCUT2D eigenvalue weighted by Crippen LogP contribution is 2.22. The molecule has 0 bridgehead atoms. The zero-order valence-corrected chi connectivity index (χ0v) is 13.1. The summed E-state index contributed by atoms with van der Waals surface area (Å²) in [6, 6.07) is 13.7. The summed E-state index contributed by atoms with van der Waals surface area (Å²) in [5.41, 5.74) is 1.04. The lowest BCUT2D eigenvalue weighted by Crippen LogP contribution is -2.36. The maximum atomic E-state index is 12.2. The summed E-state index contributed by atoms with van der Waals surface area (Å²) in [6.07, 6.45) is 0. The van der Waals surface area contributed by atoms with Crippen molar-refractivity contribution in [2.24, 2.45) is 0 Å². The number of para-hydroxylation sites is 1. The Labute approximate surface area is 128 Å². The van der Waals surface area contributed by atoms with Crippen LogP contribution in [-0.4, -0.2) is 31.4 Å². The van der Waals surface area contributed by atoms with Gasteiger partial charge in [-0.15, -0.1) is 11.3 Å². The van der Waals surface area contributed by atoms with Crippen molar-refractivity contribution in [1.29, 1.82) is 0 Å². The summed E-state index contributed by atoms with van der Waals surface area (Å²) in [4.78, 5) is 17.0. The largest absolute Gasteiger partial charge is 0.365 e. The predicted molar refractivity (Wildman–Crippen MR) is 85.5 cm³/mol. The maximum absolute atomic E-state index is 12.2. The molecule has 0 saturated heterocycles. The van der Waals surface area contributed by atoms with Crippen molar-refractivity contribution in [2.75, 3.05) is 25.5 Å². The molecule has 0 unspecified atom stereocenters. The van der Waals surface area contributed by atoms with Crippen LogP contribution < -0.4 is 4.90 Å². The standard InChI is InChI=1S/C15H17ClN2OS/c1-17(12-6-4-3-5-7-12)11-15(19)18(2)10-13-8-9-14(16)20-13/h3-9H,10-11H2,1-2H3. The van der Waals surface area contributed by atoms with Gasteiger partial charge < -0.3 is 9.80 Å². The highest BCUT2D eigenvalue weighted by molar-refractivity contribution is 7.16. The Morgan fingerprint density at radius 1 is 1.15 bits per heavy atom. The van der Waals surface area contributed by atoms with E-state index >= 15 is 0 Å². The summed E-state index contributed by atoms with van der Waals surface area (Å²) < 4.78 is 0.752. The van der Waals surface area contributed by atoms with Crippen molar-refractivity contribution in [3.63, 3.8) is 0 Å². The number of rotatable bonds is 5. The molecule has 3 nitrogen and oxygen atoms in total. The average molecular weight is 309 g/mol. The Morgan fingerprint density at radius 2 is 1.85 bits per heavy atom. The molecule has 2 aromatic rings. The molecule has 0 saturated carbocycles. The first kappa shape index (κ1) is 14.9. The van der Waals surface area contributed by atoms with Crippen molar-refractivity contribution in [3.05, 3.63) is 51.7 Å². The summed E-state index contributed by atoms with van der Waals surface area (Å²) in [5, 5.41) is 0. The molecule has 1 aromatic heterocycles. The number of thiophene rings is 1. The summed E-state index contributed by atoms with van der Waals surface area (Å²) in [5.74, 6) is 0.0841. The van der Waals surface area contributed by atoms with E-state index in [0.717, 1.165) is 14.9 Å². The average Bonchev–Trinajstić information content (AvgIpc) is 2.85. The molecule has 1 aromatic carbocycles. The summed E-state index contributed by atoms with van der Waals surface area (Å²) in [7, 11) is 3.73. The minimum Gasteiger partial charge on any atom is -0.365 e. The van der Waals surface area contributed by atoms with Crippen molar-refractivity contribution in [3.8, 4) is 0 Å². The molecule has 1 heterocycles. The van der Waals surface area contributed by atoms with Crippen LogP contribution in [0.2, 0.25) is 4.34 Å². The molecule has 0 aliphatic heterocycles. The monoisotopic (exact) mass is 308 g/mol. The van der Waals surface area contributed by atoms with Gasteiger partial charge in [0.1, 0.15) is 0 Å². The van der Waals surface area contributed by atoms with Gasteiger partial charge in [-0.05, 0) is 24.3 Å². The van der Waals surface area contributed by atoms with Crippen molar-refractivity contribution in [2.45, 2.75) is 6.54 Å². The van der Waals surface area contributed by atoms with Gasteiger partial charge in [0.05, 0.1) is 17.4 Å². The predicted octanol–water partition coefficient (Wildman–Crippen LogP) is 3.50. The lowest BCUT2D eigenvalue weighted by molar-refractivity contribution is -0.128. The topological polar surface area (TPSA) is 23.6 Å². The van der Waals surface area contributed by atoms with Crippen molar-refractivity contribution in [1.82, 2.24) is 4.90 Å². The van der Waals surface area contributed by atoms with E-state index in [2.05, 4.69) is 0 Å². The van der Waals surface area contributed by atoms with Crippen molar-refractivity contribution >= 4 is 34.5 Å². The number of hydrogen-bond donors (Lipinski definition) is 0. The van der Waals surface area contributed by atoms with E-state index in [0.29, 0.717) is 13.1 Å². The minimum absolute atomic E-state index is 0.0841. The lowest BCUT2D eigenvalue weighted by Gasteiger charge is -2.23. The molecule has 2 rings (SSSR count). The quantitative estimate of drug-likeness (QED) is 0.844. The fourth-order valence-corrected chi connectivity index (χ4v) is 3.00. The number of likely N-dealkylation sites (N-methyl/N-ethyl adjacent to an activating group) is 2. The van der Waals surface area contributed by atoms with E-state index < -0.39 is 0 Å². The molecular weight excluding hydrogens is 292 g/mol. The van der Waals surface area contributed by atoms with E-state index in [9.17, 15) is 4.79 Å². The van der Waals surface area contributed by atoms with Crippen LogP contribution in [0.25, 0.3) is 0 Å². The lowest BCUT2D eigenvalue weighted by atomic mass is 10.3. The number of carbonyl (C=O) groups excluding carboxylic acids is 1. The summed E-state index contributed by atoms with van der Waals surface area (Å²) in [6.45, 7) is 0.957. The smallest absolute Gasteiger partial charge is 0.242 e. The third kappa shape index (κ3) is 3.99. The number of halogens is 1. The normalized spacial score (nSPS) is 10.3. The van der Waals surface area contributed by atoms with E-state index in [-0.39, 0.29) is 5.91 Å². The first-order chi connectivity index (χ1) is 9.56. The zero-order valence-electron chi connectivity index (χ0n) is 11.5. The van der Waals surface area contributed by atoms with Gasteiger partial charge in [0.15, 0.2) is 0 Å². The van der Waals surface area contributed by atoms with Crippen LogP contribution in [0.1, 0.15) is 4.88 Å². The van der Waals surface area contributed by atoms with Gasteiger partial charge in [-0.1, -0.05) is 29.8 Å². The van der Waals surface area contributed by atoms with E-state index in [1.165, 1.54) is 11.3 Å². The molecule has 0 radical (unpaired) electrons. The Kier molecular flexibility index (Phi) is 5.04. The molecule has 0 N–H and O–H groups in total. The van der Waals surface area contributed by atoms with Crippen LogP contribution in [0.15, 0.2) is 42.5 Å². The molecule has 5 heteroatoms. The first-order valence-corrected chi connectivity index (χ1v) is 7.50.